The zero-order valence-corrected chi connectivity index (χ0v) is 17.5. The number of pyridine rings is 1. The summed E-state index contributed by atoms with van der Waals surface area (Å²) in [7, 11) is 0. The van der Waals surface area contributed by atoms with Crippen molar-refractivity contribution in [3.63, 3.8) is 0 Å². The molecule has 0 radical (unpaired) electrons. The van der Waals surface area contributed by atoms with Gasteiger partial charge in [-0.2, -0.15) is 0 Å². The van der Waals surface area contributed by atoms with Gasteiger partial charge in [0.15, 0.2) is 0 Å². The predicted molar refractivity (Wildman–Crippen MR) is 123 cm³/mol. The lowest BCUT2D eigenvalue weighted by molar-refractivity contribution is -0.120. The average Bonchev–Trinajstić information content (AvgIpc) is 2.81. The molecule has 158 valence electrons. The van der Waals surface area contributed by atoms with Gasteiger partial charge in [-0.1, -0.05) is 29.8 Å². The number of hydrogen-bond donors (Lipinski definition) is 2. The number of amides is 2. The number of nitrogens with one attached hydrogen (secondary N) is 2. The minimum Gasteiger partial charge on any atom is -0.371 e. The molecule has 1 aliphatic heterocycles. The third kappa shape index (κ3) is 5.09. The van der Waals surface area contributed by atoms with Gasteiger partial charge in [0.25, 0.3) is 5.91 Å². The molecule has 2 amide bonds. The van der Waals surface area contributed by atoms with Crippen LogP contribution in [0.4, 0.5) is 17.1 Å². The fourth-order valence-corrected chi connectivity index (χ4v) is 3.81. The first-order chi connectivity index (χ1) is 15.1. The summed E-state index contributed by atoms with van der Waals surface area (Å²) in [6.45, 7) is 3.63. The molecule has 1 saturated heterocycles. The topological polar surface area (TPSA) is 74.3 Å². The van der Waals surface area contributed by atoms with Crippen LogP contribution in [0.5, 0.6) is 0 Å². The van der Waals surface area contributed by atoms with E-state index in [1.54, 1.807) is 30.6 Å². The SMILES string of the molecule is Cc1ccc(NC(=O)c2ccccc2NC(=O)C2CCN(c3ccncc3)CC2)cc1. The summed E-state index contributed by atoms with van der Waals surface area (Å²) in [6.07, 6.45) is 5.11. The number of hydrogen-bond acceptors (Lipinski definition) is 4. The molecule has 3 aromatic rings. The Morgan fingerprint density at radius 2 is 1.58 bits per heavy atom. The molecule has 1 fully saturated rings. The lowest BCUT2D eigenvalue weighted by Gasteiger charge is -2.33. The number of carbonyl (C=O) groups excluding carboxylic acids is 2. The van der Waals surface area contributed by atoms with E-state index in [-0.39, 0.29) is 17.7 Å². The van der Waals surface area contributed by atoms with Crippen LogP contribution in [-0.2, 0) is 4.79 Å². The molecule has 1 aromatic heterocycles. The van der Waals surface area contributed by atoms with E-state index in [9.17, 15) is 9.59 Å². The Balaban J connectivity index is 1.39. The normalized spacial score (nSPS) is 14.2. The van der Waals surface area contributed by atoms with Crippen LogP contribution in [0.3, 0.4) is 0 Å². The number of para-hydroxylation sites is 1. The highest BCUT2D eigenvalue weighted by Gasteiger charge is 2.26. The van der Waals surface area contributed by atoms with E-state index in [0.717, 1.165) is 42.9 Å². The Bertz CT molecular complexity index is 1040. The van der Waals surface area contributed by atoms with Crippen molar-refractivity contribution in [1.82, 2.24) is 4.98 Å². The van der Waals surface area contributed by atoms with Crippen molar-refractivity contribution in [3.05, 3.63) is 84.2 Å². The van der Waals surface area contributed by atoms with Crippen molar-refractivity contribution >= 4 is 28.9 Å². The predicted octanol–water partition coefficient (Wildman–Crippen LogP) is 4.50. The Morgan fingerprint density at radius 1 is 0.903 bits per heavy atom. The maximum absolute atomic E-state index is 12.9. The van der Waals surface area contributed by atoms with Crippen molar-refractivity contribution < 1.29 is 9.59 Å². The summed E-state index contributed by atoms with van der Waals surface area (Å²) in [5, 5.41) is 5.88. The largest absolute Gasteiger partial charge is 0.371 e. The van der Waals surface area contributed by atoms with Crippen LogP contribution in [0, 0.1) is 12.8 Å². The van der Waals surface area contributed by atoms with Crippen LogP contribution in [0.25, 0.3) is 0 Å². The summed E-state index contributed by atoms with van der Waals surface area (Å²) >= 11 is 0. The number of carbonyl (C=O) groups is 2. The quantitative estimate of drug-likeness (QED) is 0.645. The third-order valence-corrected chi connectivity index (χ3v) is 5.63. The molecule has 4 rings (SSSR count). The highest BCUT2D eigenvalue weighted by Crippen LogP contribution is 2.25. The molecule has 2 N–H and O–H groups in total. The van der Waals surface area contributed by atoms with E-state index in [4.69, 9.17) is 0 Å². The summed E-state index contributed by atoms with van der Waals surface area (Å²) in [5.74, 6) is -0.358. The molecule has 0 spiro atoms. The third-order valence-electron chi connectivity index (χ3n) is 5.63. The maximum atomic E-state index is 12.9. The van der Waals surface area contributed by atoms with Crippen molar-refractivity contribution in [2.45, 2.75) is 19.8 Å². The van der Waals surface area contributed by atoms with E-state index in [1.807, 2.05) is 49.4 Å². The van der Waals surface area contributed by atoms with Gasteiger partial charge in [0.1, 0.15) is 0 Å². The van der Waals surface area contributed by atoms with Crippen molar-refractivity contribution in [2.75, 3.05) is 28.6 Å². The zero-order chi connectivity index (χ0) is 21.6. The van der Waals surface area contributed by atoms with E-state index in [0.29, 0.717) is 11.3 Å². The number of aryl methyl sites for hydroxylation is 1. The second-order valence-electron chi connectivity index (χ2n) is 7.82. The Hall–Kier alpha value is -3.67. The number of benzene rings is 2. The first-order valence-electron chi connectivity index (χ1n) is 10.5. The first-order valence-corrected chi connectivity index (χ1v) is 10.5. The maximum Gasteiger partial charge on any atom is 0.257 e. The van der Waals surface area contributed by atoms with E-state index >= 15 is 0 Å². The molecule has 0 bridgehead atoms. The monoisotopic (exact) mass is 414 g/mol. The van der Waals surface area contributed by atoms with E-state index in [1.165, 1.54) is 0 Å². The fraction of sp³-hybridized carbons (Fsp3) is 0.240. The molecule has 0 unspecified atom stereocenters. The summed E-state index contributed by atoms with van der Waals surface area (Å²) < 4.78 is 0. The van der Waals surface area contributed by atoms with Crippen molar-refractivity contribution in [1.29, 1.82) is 0 Å². The molecule has 6 nitrogen and oxygen atoms in total. The number of anilines is 3. The van der Waals surface area contributed by atoms with Gasteiger partial charge in [-0.05, 0) is 56.2 Å². The Labute approximate surface area is 182 Å². The van der Waals surface area contributed by atoms with Crippen LogP contribution >= 0.6 is 0 Å². The van der Waals surface area contributed by atoms with Crippen LogP contribution in [-0.4, -0.2) is 29.9 Å². The van der Waals surface area contributed by atoms with Crippen LogP contribution in [0.2, 0.25) is 0 Å². The van der Waals surface area contributed by atoms with Gasteiger partial charge >= 0.3 is 0 Å². The van der Waals surface area contributed by atoms with Gasteiger partial charge in [0, 0.05) is 42.8 Å². The number of rotatable bonds is 5. The van der Waals surface area contributed by atoms with Gasteiger partial charge in [-0.3, -0.25) is 14.6 Å². The Morgan fingerprint density at radius 3 is 2.29 bits per heavy atom. The molecule has 0 saturated carbocycles. The van der Waals surface area contributed by atoms with Crippen LogP contribution < -0.4 is 15.5 Å². The zero-order valence-electron chi connectivity index (χ0n) is 17.5. The molecular weight excluding hydrogens is 388 g/mol. The molecule has 0 aliphatic carbocycles. The average molecular weight is 415 g/mol. The first kappa shape index (κ1) is 20.6. The minimum atomic E-state index is -0.243. The molecule has 2 aromatic carbocycles. The van der Waals surface area contributed by atoms with Crippen LogP contribution in [0.1, 0.15) is 28.8 Å². The Kier molecular flexibility index (Phi) is 6.26. The number of nitrogens with zero attached hydrogens (tertiary/aromatic N) is 2. The van der Waals surface area contributed by atoms with Crippen molar-refractivity contribution in [2.24, 2.45) is 5.92 Å². The van der Waals surface area contributed by atoms with Gasteiger partial charge in [-0.25, -0.2) is 0 Å². The molecule has 0 atom stereocenters. The highest BCUT2D eigenvalue weighted by atomic mass is 16.2. The molecular formula is C25H26N4O2. The lowest BCUT2D eigenvalue weighted by atomic mass is 9.95. The van der Waals surface area contributed by atoms with E-state index < -0.39 is 0 Å². The fourth-order valence-electron chi connectivity index (χ4n) is 3.81. The summed E-state index contributed by atoms with van der Waals surface area (Å²) in [5.41, 5.74) is 3.96. The summed E-state index contributed by atoms with van der Waals surface area (Å²) in [4.78, 5) is 32.0. The second kappa shape index (κ2) is 9.43. The smallest absolute Gasteiger partial charge is 0.257 e. The molecule has 2 heterocycles. The van der Waals surface area contributed by atoms with E-state index in [2.05, 4.69) is 20.5 Å². The number of piperidine rings is 1. The highest BCUT2D eigenvalue weighted by molar-refractivity contribution is 6.10. The van der Waals surface area contributed by atoms with Gasteiger partial charge in [-0.15, -0.1) is 0 Å². The van der Waals surface area contributed by atoms with Gasteiger partial charge < -0.3 is 15.5 Å². The number of aromatic nitrogens is 1. The van der Waals surface area contributed by atoms with Gasteiger partial charge in [0.2, 0.25) is 5.91 Å². The lowest BCUT2D eigenvalue weighted by Crippen LogP contribution is -2.38. The van der Waals surface area contributed by atoms with Crippen LogP contribution in [0.15, 0.2) is 73.1 Å². The summed E-state index contributed by atoms with van der Waals surface area (Å²) in [6, 6.07) is 18.7. The van der Waals surface area contributed by atoms with Gasteiger partial charge in [0.05, 0.1) is 11.3 Å². The second-order valence-corrected chi connectivity index (χ2v) is 7.82. The molecule has 6 heteroatoms. The standard InChI is InChI=1S/C25H26N4O2/c1-18-6-8-20(9-7-18)27-25(31)22-4-2-3-5-23(22)28-24(30)19-12-16-29(17-13-19)21-10-14-26-15-11-21/h2-11,14-15,19H,12-13,16-17H2,1H3,(H,27,31)(H,28,30). The van der Waals surface area contributed by atoms with Crippen molar-refractivity contribution in [3.8, 4) is 0 Å². The molecule has 31 heavy (non-hydrogen) atoms. The molecule has 1 aliphatic rings. The minimum absolute atomic E-state index is 0.0371.